The Bertz CT molecular complexity index is 445. The number of hydrogen-bond acceptors (Lipinski definition) is 3. The van der Waals surface area contributed by atoms with Crippen LogP contribution in [0.15, 0.2) is 24.3 Å². The van der Waals surface area contributed by atoms with Crippen LogP contribution in [-0.2, 0) is 4.79 Å². The van der Waals surface area contributed by atoms with Gasteiger partial charge in [-0.15, -0.1) is 0 Å². The molecule has 0 aromatic heterocycles. The second-order valence-corrected chi connectivity index (χ2v) is 6.40. The van der Waals surface area contributed by atoms with E-state index >= 15 is 0 Å². The van der Waals surface area contributed by atoms with Crippen molar-refractivity contribution in [1.29, 1.82) is 0 Å². The maximum absolute atomic E-state index is 12.0. The highest BCUT2D eigenvalue weighted by Crippen LogP contribution is 2.23. The molecule has 4 nitrogen and oxygen atoms in total. The SMILES string of the molecule is CC(C)CNC(=O)CN(C)C(c1ccc(Cl)cc1)C(C)N. The Balaban J connectivity index is 2.72. The van der Waals surface area contributed by atoms with Crippen molar-refractivity contribution < 1.29 is 4.79 Å². The molecule has 0 aliphatic rings. The Morgan fingerprint density at radius 2 is 1.86 bits per heavy atom. The van der Waals surface area contributed by atoms with Crippen LogP contribution in [0.25, 0.3) is 0 Å². The molecule has 0 heterocycles. The highest BCUT2D eigenvalue weighted by Gasteiger charge is 2.22. The maximum atomic E-state index is 12.0. The Morgan fingerprint density at radius 3 is 2.33 bits per heavy atom. The van der Waals surface area contributed by atoms with Gasteiger partial charge in [0, 0.05) is 23.7 Å². The van der Waals surface area contributed by atoms with E-state index in [1.807, 2.05) is 43.1 Å². The second kappa shape index (κ2) is 8.37. The van der Waals surface area contributed by atoms with Gasteiger partial charge in [-0.05, 0) is 37.6 Å². The first-order valence-corrected chi connectivity index (χ1v) is 7.67. The zero-order valence-electron chi connectivity index (χ0n) is 13.3. The summed E-state index contributed by atoms with van der Waals surface area (Å²) in [7, 11) is 1.91. The maximum Gasteiger partial charge on any atom is 0.234 e. The van der Waals surface area contributed by atoms with Crippen LogP contribution in [0.1, 0.15) is 32.4 Å². The fourth-order valence-corrected chi connectivity index (χ4v) is 2.44. The summed E-state index contributed by atoms with van der Waals surface area (Å²) in [6, 6.07) is 7.50. The van der Waals surface area contributed by atoms with E-state index in [9.17, 15) is 4.79 Å². The smallest absolute Gasteiger partial charge is 0.234 e. The van der Waals surface area contributed by atoms with Crippen LogP contribution in [0.4, 0.5) is 0 Å². The molecule has 0 aliphatic carbocycles. The lowest BCUT2D eigenvalue weighted by Crippen LogP contribution is -2.43. The first-order valence-electron chi connectivity index (χ1n) is 7.29. The van der Waals surface area contributed by atoms with Gasteiger partial charge in [-0.2, -0.15) is 0 Å². The van der Waals surface area contributed by atoms with Crippen LogP contribution < -0.4 is 11.1 Å². The fourth-order valence-electron chi connectivity index (χ4n) is 2.32. The number of rotatable bonds is 7. The van der Waals surface area contributed by atoms with Crippen LogP contribution in [0.5, 0.6) is 0 Å². The van der Waals surface area contributed by atoms with Crippen molar-refractivity contribution in [1.82, 2.24) is 10.2 Å². The molecule has 118 valence electrons. The average molecular weight is 312 g/mol. The molecule has 0 radical (unpaired) electrons. The summed E-state index contributed by atoms with van der Waals surface area (Å²) in [6.45, 7) is 7.10. The third kappa shape index (κ3) is 6.04. The van der Waals surface area contributed by atoms with Crippen molar-refractivity contribution in [3.05, 3.63) is 34.9 Å². The van der Waals surface area contributed by atoms with Gasteiger partial charge in [0.05, 0.1) is 6.54 Å². The van der Waals surface area contributed by atoms with Gasteiger partial charge in [0.15, 0.2) is 0 Å². The largest absolute Gasteiger partial charge is 0.355 e. The minimum absolute atomic E-state index is 0.0193. The van der Waals surface area contributed by atoms with Gasteiger partial charge in [-0.3, -0.25) is 9.69 Å². The Kier molecular flexibility index (Phi) is 7.15. The summed E-state index contributed by atoms with van der Waals surface area (Å²) >= 11 is 5.92. The molecule has 1 aromatic rings. The Hall–Kier alpha value is -1.10. The summed E-state index contributed by atoms with van der Waals surface area (Å²) in [5.74, 6) is 0.463. The van der Waals surface area contributed by atoms with E-state index in [0.717, 1.165) is 5.56 Å². The van der Waals surface area contributed by atoms with Gasteiger partial charge in [-0.1, -0.05) is 37.6 Å². The van der Waals surface area contributed by atoms with Gasteiger partial charge < -0.3 is 11.1 Å². The molecule has 0 saturated heterocycles. The van der Waals surface area contributed by atoms with Crippen molar-refractivity contribution >= 4 is 17.5 Å². The quantitative estimate of drug-likeness (QED) is 0.813. The summed E-state index contributed by atoms with van der Waals surface area (Å²) in [5.41, 5.74) is 7.16. The van der Waals surface area contributed by atoms with Crippen LogP contribution in [0.2, 0.25) is 5.02 Å². The standard InChI is InChI=1S/C16H26ClN3O/c1-11(2)9-19-15(21)10-20(4)16(12(3)18)13-5-7-14(17)8-6-13/h5-8,11-12,16H,9-10,18H2,1-4H3,(H,19,21). The van der Waals surface area contributed by atoms with Crippen LogP contribution in [-0.4, -0.2) is 37.0 Å². The molecular weight excluding hydrogens is 286 g/mol. The summed E-state index contributed by atoms with van der Waals surface area (Å²) < 4.78 is 0. The molecule has 3 N–H and O–H groups in total. The number of benzene rings is 1. The zero-order valence-corrected chi connectivity index (χ0v) is 14.0. The predicted octanol–water partition coefficient (Wildman–Crippen LogP) is 2.43. The molecule has 5 heteroatoms. The highest BCUT2D eigenvalue weighted by atomic mass is 35.5. The van der Waals surface area contributed by atoms with E-state index in [4.69, 9.17) is 17.3 Å². The molecule has 0 saturated carbocycles. The normalized spacial score (nSPS) is 14.3. The van der Waals surface area contributed by atoms with E-state index < -0.39 is 0 Å². The van der Waals surface area contributed by atoms with Crippen molar-refractivity contribution in [2.24, 2.45) is 11.7 Å². The van der Waals surface area contributed by atoms with E-state index in [1.165, 1.54) is 0 Å². The van der Waals surface area contributed by atoms with Crippen molar-refractivity contribution in [3.63, 3.8) is 0 Å². The summed E-state index contributed by atoms with van der Waals surface area (Å²) in [5, 5.41) is 3.62. The lowest BCUT2D eigenvalue weighted by atomic mass is 9.99. The number of halogens is 1. The monoisotopic (exact) mass is 311 g/mol. The topological polar surface area (TPSA) is 58.4 Å². The third-order valence-electron chi connectivity index (χ3n) is 3.28. The number of nitrogens with zero attached hydrogens (tertiary/aromatic N) is 1. The first kappa shape index (κ1) is 18.0. The zero-order chi connectivity index (χ0) is 16.0. The summed E-state index contributed by atoms with van der Waals surface area (Å²) in [4.78, 5) is 13.9. The van der Waals surface area contributed by atoms with Crippen LogP contribution >= 0.6 is 11.6 Å². The molecule has 0 fully saturated rings. The highest BCUT2D eigenvalue weighted by molar-refractivity contribution is 6.30. The number of carbonyl (C=O) groups is 1. The lowest BCUT2D eigenvalue weighted by Gasteiger charge is -2.31. The van der Waals surface area contributed by atoms with E-state index in [2.05, 4.69) is 19.2 Å². The van der Waals surface area contributed by atoms with Crippen molar-refractivity contribution in [3.8, 4) is 0 Å². The number of carbonyl (C=O) groups excluding carboxylic acids is 1. The summed E-state index contributed by atoms with van der Waals surface area (Å²) in [6.07, 6.45) is 0. The van der Waals surface area contributed by atoms with E-state index in [1.54, 1.807) is 0 Å². The Labute approximate surface area is 132 Å². The molecule has 2 unspecified atom stereocenters. The number of hydrogen-bond donors (Lipinski definition) is 2. The fraction of sp³-hybridized carbons (Fsp3) is 0.562. The predicted molar refractivity (Wildman–Crippen MR) is 88.3 cm³/mol. The second-order valence-electron chi connectivity index (χ2n) is 5.97. The van der Waals surface area contributed by atoms with Gasteiger partial charge in [0.25, 0.3) is 0 Å². The molecule has 2 atom stereocenters. The average Bonchev–Trinajstić information content (AvgIpc) is 2.38. The van der Waals surface area contributed by atoms with Gasteiger partial charge in [0.1, 0.15) is 0 Å². The Morgan fingerprint density at radius 1 is 1.29 bits per heavy atom. The number of amides is 1. The number of nitrogens with two attached hydrogens (primary N) is 1. The van der Waals surface area contributed by atoms with Crippen molar-refractivity contribution in [2.45, 2.75) is 32.9 Å². The first-order chi connectivity index (χ1) is 9.81. The minimum atomic E-state index is -0.0888. The minimum Gasteiger partial charge on any atom is -0.355 e. The van der Waals surface area contributed by atoms with E-state index in [0.29, 0.717) is 24.0 Å². The molecule has 21 heavy (non-hydrogen) atoms. The molecule has 1 amide bonds. The molecule has 1 rings (SSSR count). The van der Waals surface area contributed by atoms with Crippen molar-refractivity contribution in [2.75, 3.05) is 20.1 Å². The molecule has 1 aromatic carbocycles. The molecule has 0 spiro atoms. The van der Waals surface area contributed by atoms with Crippen LogP contribution in [0.3, 0.4) is 0 Å². The van der Waals surface area contributed by atoms with Gasteiger partial charge >= 0.3 is 0 Å². The number of likely N-dealkylation sites (N-methyl/N-ethyl adjacent to an activating group) is 1. The van der Waals surface area contributed by atoms with Crippen LogP contribution in [0, 0.1) is 5.92 Å². The molecule has 0 aliphatic heterocycles. The molecule has 0 bridgehead atoms. The van der Waals surface area contributed by atoms with E-state index in [-0.39, 0.29) is 18.0 Å². The van der Waals surface area contributed by atoms with Gasteiger partial charge in [-0.25, -0.2) is 0 Å². The lowest BCUT2D eigenvalue weighted by molar-refractivity contribution is -0.122. The molecular formula is C16H26ClN3O. The van der Waals surface area contributed by atoms with Gasteiger partial charge in [0.2, 0.25) is 5.91 Å². The number of nitrogens with one attached hydrogen (secondary N) is 1. The third-order valence-corrected chi connectivity index (χ3v) is 3.54.